The van der Waals surface area contributed by atoms with Gasteiger partial charge in [-0.3, -0.25) is 4.79 Å². The number of hydrogen-bond donors (Lipinski definition) is 1. The second-order valence-electron chi connectivity index (χ2n) is 4.11. The highest BCUT2D eigenvalue weighted by Gasteiger charge is 2.14. The molecule has 0 saturated heterocycles. The molecule has 2 aromatic rings. The molecule has 6 heteroatoms. The highest BCUT2D eigenvalue weighted by molar-refractivity contribution is 6.05. The van der Waals surface area contributed by atoms with E-state index in [0.29, 0.717) is 11.6 Å². The highest BCUT2D eigenvalue weighted by Crippen LogP contribution is 2.26. The molecular formula is C15H10F2N2O2. The van der Waals surface area contributed by atoms with Crippen molar-refractivity contribution >= 4 is 11.6 Å². The third kappa shape index (κ3) is 3.15. The number of halogens is 2. The lowest BCUT2D eigenvalue weighted by atomic mass is 10.1. The van der Waals surface area contributed by atoms with E-state index in [-0.39, 0.29) is 17.0 Å². The molecule has 1 amide bonds. The summed E-state index contributed by atoms with van der Waals surface area (Å²) in [5.41, 5.74) is 0.353. The Labute approximate surface area is 119 Å². The van der Waals surface area contributed by atoms with Crippen LogP contribution in [0.15, 0.2) is 36.4 Å². The van der Waals surface area contributed by atoms with Gasteiger partial charge in [-0.25, -0.2) is 8.78 Å². The Morgan fingerprint density at radius 3 is 2.62 bits per heavy atom. The number of ether oxygens (including phenoxy) is 1. The van der Waals surface area contributed by atoms with Gasteiger partial charge >= 0.3 is 0 Å². The number of amides is 1. The van der Waals surface area contributed by atoms with Crippen LogP contribution in [0.25, 0.3) is 0 Å². The van der Waals surface area contributed by atoms with Crippen LogP contribution in [0.4, 0.5) is 14.5 Å². The van der Waals surface area contributed by atoms with Crippen molar-refractivity contribution in [1.29, 1.82) is 5.26 Å². The fraction of sp³-hybridized carbons (Fsp3) is 0.0667. The summed E-state index contributed by atoms with van der Waals surface area (Å²) in [4.78, 5) is 12.0. The lowest BCUT2D eigenvalue weighted by Crippen LogP contribution is -2.14. The summed E-state index contributed by atoms with van der Waals surface area (Å²) in [6, 6.07) is 9.01. The summed E-state index contributed by atoms with van der Waals surface area (Å²) >= 11 is 0. The maximum absolute atomic E-state index is 13.5. The number of nitrogens with one attached hydrogen (secondary N) is 1. The van der Waals surface area contributed by atoms with Gasteiger partial charge in [0.1, 0.15) is 17.4 Å². The van der Waals surface area contributed by atoms with E-state index in [0.717, 1.165) is 12.1 Å². The first-order valence-electron chi connectivity index (χ1n) is 5.89. The maximum atomic E-state index is 13.5. The molecule has 0 bridgehead atoms. The summed E-state index contributed by atoms with van der Waals surface area (Å²) in [6.45, 7) is 0. The summed E-state index contributed by atoms with van der Waals surface area (Å²) in [5, 5.41) is 11.2. The van der Waals surface area contributed by atoms with Crippen LogP contribution in [0.2, 0.25) is 0 Å². The van der Waals surface area contributed by atoms with Crippen LogP contribution in [0, 0.1) is 23.0 Å². The summed E-state index contributed by atoms with van der Waals surface area (Å²) in [6.07, 6.45) is 0. The van der Waals surface area contributed by atoms with Crippen molar-refractivity contribution in [2.45, 2.75) is 0 Å². The van der Waals surface area contributed by atoms with E-state index < -0.39 is 17.5 Å². The molecule has 2 rings (SSSR count). The number of carbonyl (C=O) groups excluding carboxylic acids is 1. The standard InChI is InChI=1S/C15H10F2N2O2/c1-21-14-6-9(8-18)2-5-13(14)19-15(20)11-4-3-10(16)7-12(11)17/h2-7H,1H3,(H,19,20). The molecule has 106 valence electrons. The van der Waals surface area contributed by atoms with E-state index in [1.807, 2.05) is 6.07 Å². The van der Waals surface area contributed by atoms with Crippen molar-refractivity contribution in [2.75, 3.05) is 12.4 Å². The Morgan fingerprint density at radius 1 is 1.24 bits per heavy atom. The number of carbonyl (C=O) groups is 1. The Kier molecular flexibility index (Phi) is 4.14. The molecule has 0 heterocycles. The van der Waals surface area contributed by atoms with Gasteiger partial charge in [-0.05, 0) is 24.3 Å². The van der Waals surface area contributed by atoms with Crippen molar-refractivity contribution in [3.63, 3.8) is 0 Å². The molecule has 0 atom stereocenters. The van der Waals surface area contributed by atoms with Gasteiger partial charge in [0, 0.05) is 12.1 Å². The third-order valence-electron chi connectivity index (χ3n) is 2.75. The second kappa shape index (κ2) is 6.01. The molecule has 2 aromatic carbocycles. The zero-order valence-corrected chi connectivity index (χ0v) is 11.0. The van der Waals surface area contributed by atoms with Crippen LogP contribution in [0.3, 0.4) is 0 Å². The Bertz CT molecular complexity index is 739. The van der Waals surface area contributed by atoms with Crippen LogP contribution in [-0.4, -0.2) is 13.0 Å². The van der Waals surface area contributed by atoms with E-state index in [2.05, 4.69) is 5.32 Å². The minimum absolute atomic E-state index is 0.268. The summed E-state index contributed by atoms with van der Waals surface area (Å²) in [5.74, 6) is -2.19. The van der Waals surface area contributed by atoms with Crippen LogP contribution in [0.1, 0.15) is 15.9 Å². The maximum Gasteiger partial charge on any atom is 0.258 e. The van der Waals surface area contributed by atoms with Crippen molar-refractivity contribution in [3.8, 4) is 11.8 Å². The molecule has 0 fully saturated rings. The number of hydrogen-bond acceptors (Lipinski definition) is 3. The normalized spacial score (nSPS) is 9.81. The zero-order valence-electron chi connectivity index (χ0n) is 11.0. The summed E-state index contributed by atoms with van der Waals surface area (Å²) in [7, 11) is 1.38. The Morgan fingerprint density at radius 2 is 2.00 bits per heavy atom. The van der Waals surface area contributed by atoms with Crippen LogP contribution < -0.4 is 10.1 Å². The number of nitrogens with zero attached hydrogens (tertiary/aromatic N) is 1. The Hall–Kier alpha value is -2.94. The topological polar surface area (TPSA) is 62.1 Å². The lowest BCUT2D eigenvalue weighted by Gasteiger charge is -2.10. The molecule has 0 unspecified atom stereocenters. The smallest absolute Gasteiger partial charge is 0.258 e. The lowest BCUT2D eigenvalue weighted by molar-refractivity contribution is 0.102. The first-order valence-corrected chi connectivity index (χ1v) is 5.89. The molecule has 0 aliphatic rings. The molecule has 21 heavy (non-hydrogen) atoms. The van der Waals surface area contributed by atoms with Crippen molar-refractivity contribution < 1.29 is 18.3 Å². The van der Waals surface area contributed by atoms with Gasteiger partial charge in [0.15, 0.2) is 0 Å². The second-order valence-corrected chi connectivity index (χ2v) is 4.11. The monoisotopic (exact) mass is 288 g/mol. The first kappa shape index (κ1) is 14.5. The van der Waals surface area contributed by atoms with Gasteiger partial charge in [-0.15, -0.1) is 0 Å². The largest absolute Gasteiger partial charge is 0.495 e. The van der Waals surface area contributed by atoms with E-state index in [1.165, 1.54) is 25.3 Å². The van der Waals surface area contributed by atoms with Gasteiger partial charge in [0.05, 0.1) is 30.0 Å². The van der Waals surface area contributed by atoms with Crippen molar-refractivity contribution in [2.24, 2.45) is 0 Å². The van der Waals surface area contributed by atoms with E-state index in [4.69, 9.17) is 10.00 Å². The molecule has 0 aromatic heterocycles. The van der Waals surface area contributed by atoms with Gasteiger partial charge in [-0.2, -0.15) is 5.26 Å². The SMILES string of the molecule is COc1cc(C#N)ccc1NC(=O)c1ccc(F)cc1F. The predicted molar refractivity (Wildman–Crippen MR) is 72.0 cm³/mol. The molecule has 1 N–H and O–H groups in total. The number of methoxy groups -OCH3 is 1. The molecule has 0 aliphatic carbocycles. The highest BCUT2D eigenvalue weighted by atomic mass is 19.1. The van der Waals surface area contributed by atoms with Crippen LogP contribution in [-0.2, 0) is 0 Å². The van der Waals surface area contributed by atoms with Gasteiger partial charge in [-0.1, -0.05) is 0 Å². The minimum atomic E-state index is -0.958. The number of anilines is 1. The van der Waals surface area contributed by atoms with Crippen molar-refractivity contribution in [3.05, 3.63) is 59.2 Å². The van der Waals surface area contributed by atoms with E-state index >= 15 is 0 Å². The number of rotatable bonds is 3. The van der Waals surface area contributed by atoms with E-state index in [9.17, 15) is 13.6 Å². The fourth-order valence-electron chi connectivity index (χ4n) is 1.73. The van der Waals surface area contributed by atoms with Crippen LogP contribution in [0.5, 0.6) is 5.75 Å². The average Bonchev–Trinajstić information content (AvgIpc) is 2.47. The minimum Gasteiger partial charge on any atom is -0.495 e. The van der Waals surface area contributed by atoms with Crippen LogP contribution >= 0.6 is 0 Å². The predicted octanol–water partition coefficient (Wildman–Crippen LogP) is 3.10. The molecule has 0 saturated carbocycles. The van der Waals surface area contributed by atoms with Gasteiger partial charge in [0.2, 0.25) is 0 Å². The summed E-state index contributed by atoms with van der Waals surface area (Å²) < 4.78 is 31.4. The number of nitriles is 1. The quantitative estimate of drug-likeness (QED) is 0.944. The molecular weight excluding hydrogens is 278 g/mol. The molecule has 4 nitrogen and oxygen atoms in total. The molecule has 0 aliphatic heterocycles. The zero-order chi connectivity index (χ0) is 15.4. The Balaban J connectivity index is 2.29. The van der Waals surface area contributed by atoms with Gasteiger partial charge in [0.25, 0.3) is 5.91 Å². The first-order chi connectivity index (χ1) is 10.0. The average molecular weight is 288 g/mol. The molecule has 0 spiro atoms. The van der Waals surface area contributed by atoms with E-state index in [1.54, 1.807) is 0 Å². The van der Waals surface area contributed by atoms with Crippen molar-refractivity contribution in [1.82, 2.24) is 0 Å². The van der Waals surface area contributed by atoms with Gasteiger partial charge < -0.3 is 10.1 Å². The fourth-order valence-corrected chi connectivity index (χ4v) is 1.73. The molecule has 0 radical (unpaired) electrons. The number of benzene rings is 2. The third-order valence-corrected chi connectivity index (χ3v) is 2.75.